The van der Waals surface area contributed by atoms with Gasteiger partial charge in [0.2, 0.25) is 10.0 Å². The molecule has 0 radical (unpaired) electrons. The van der Waals surface area contributed by atoms with Gasteiger partial charge < -0.3 is 9.47 Å². The minimum absolute atomic E-state index is 0.0898. The van der Waals surface area contributed by atoms with Gasteiger partial charge in [0.25, 0.3) is 0 Å². The molecular formula is C19H19N3O4S. The Labute approximate surface area is 158 Å². The van der Waals surface area contributed by atoms with Crippen molar-refractivity contribution in [2.45, 2.75) is 11.4 Å². The third-order valence-electron chi connectivity index (χ3n) is 3.94. The molecule has 8 heteroatoms. The highest BCUT2D eigenvalue weighted by atomic mass is 32.2. The molecule has 140 valence electrons. The average Bonchev–Trinajstić information content (AvgIpc) is 2.72. The number of ether oxygens (including phenoxy) is 2. The fraction of sp³-hybridized carbons (Fsp3) is 0.158. The SMILES string of the molecule is COc1ccc(S(=O)(=O)NCc2cccnc2-c2cccnc2)cc1OC. The molecule has 3 aromatic rings. The lowest BCUT2D eigenvalue weighted by Gasteiger charge is -2.12. The maximum atomic E-state index is 12.7. The molecule has 0 aliphatic heterocycles. The topological polar surface area (TPSA) is 90.4 Å². The van der Waals surface area contributed by atoms with Gasteiger partial charge in [0.1, 0.15) is 0 Å². The smallest absolute Gasteiger partial charge is 0.241 e. The summed E-state index contributed by atoms with van der Waals surface area (Å²) in [6.07, 6.45) is 5.02. The second kappa shape index (κ2) is 8.15. The highest BCUT2D eigenvalue weighted by Gasteiger charge is 2.18. The van der Waals surface area contributed by atoms with Gasteiger partial charge in [-0.25, -0.2) is 13.1 Å². The Morgan fingerprint density at radius 2 is 1.78 bits per heavy atom. The van der Waals surface area contributed by atoms with Crippen molar-refractivity contribution in [1.29, 1.82) is 0 Å². The van der Waals surface area contributed by atoms with Crippen molar-refractivity contribution in [1.82, 2.24) is 14.7 Å². The number of hydrogen-bond acceptors (Lipinski definition) is 6. The van der Waals surface area contributed by atoms with Crippen molar-refractivity contribution in [3.63, 3.8) is 0 Å². The van der Waals surface area contributed by atoms with Crippen molar-refractivity contribution >= 4 is 10.0 Å². The van der Waals surface area contributed by atoms with Crippen LogP contribution in [0.2, 0.25) is 0 Å². The van der Waals surface area contributed by atoms with Crippen molar-refractivity contribution < 1.29 is 17.9 Å². The fourth-order valence-electron chi connectivity index (χ4n) is 2.58. The Balaban J connectivity index is 1.85. The number of hydrogen-bond donors (Lipinski definition) is 1. The molecule has 0 saturated heterocycles. The van der Waals surface area contributed by atoms with E-state index in [2.05, 4.69) is 14.7 Å². The largest absolute Gasteiger partial charge is 0.493 e. The van der Waals surface area contributed by atoms with Gasteiger partial charge in [0, 0.05) is 36.8 Å². The number of sulfonamides is 1. The van der Waals surface area contributed by atoms with Gasteiger partial charge >= 0.3 is 0 Å². The molecule has 2 aromatic heterocycles. The zero-order valence-electron chi connectivity index (χ0n) is 14.9. The van der Waals surface area contributed by atoms with Crippen LogP contribution in [0.4, 0.5) is 0 Å². The summed E-state index contributed by atoms with van der Waals surface area (Å²) in [7, 11) is -0.795. The summed E-state index contributed by atoms with van der Waals surface area (Å²) in [5, 5.41) is 0. The highest BCUT2D eigenvalue weighted by Crippen LogP contribution is 2.29. The first-order chi connectivity index (χ1) is 13.0. The van der Waals surface area contributed by atoms with Crippen LogP contribution in [0.15, 0.2) is 66.0 Å². The minimum atomic E-state index is -3.74. The Bertz CT molecular complexity index is 1020. The summed E-state index contributed by atoms with van der Waals surface area (Å²) in [6.45, 7) is 0.0920. The zero-order valence-corrected chi connectivity index (χ0v) is 15.7. The maximum Gasteiger partial charge on any atom is 0.241 e. The van der Waals surface area contributed by atoms with Crippen molar-refractivity contribution in [2.24, 2.45) is 0 Å². The molecule has 0 fully saturated rings. The predicted molar refractivity (Wildman–Crippen MR) is 101 cm³/mol. The summed E-state index contributed by atoms with van der Waals surface area (Å²) < 4.78 is 38.3. The van der Waals surface area contributed by atoms with Gasteiger partial charge in [0.05, 0.1) is 24.8 Å². The molecule has 0 atom stereocenters. The summed E-state index contributed by atoms with van der Waals surface area (Å²) in [6, 6.07) is 11.7. The normalized spacial score (nSPS) is 11.2. The van der Waals surface area contributed by atoms with E-state index in [4.69, 9.17) is 9.47 Å². The van der Waals surface area contributed by atoms with E-state index in [1.807, 2.05) is 18.2 Å². The first kappa shape index (κ1) is 18.8. The van der Waals surface area contributed by atoms with Gasteiger partial charge in [-0.05, 0) is 35.9 Å². The molecule has 27 heavy (non-hydrogen) atoms. The average molecular weight is 385 g/mol. The standard InChI is InChI=1S/C19H19N3O4S/c1-25-17-8-7-16(11-18(17)26-2)27(23,24)22-13-15-6-4-10-21-19(15)14-5-3-9-20-12-14/h3-12,22H,13H2,1-2H3. The van der Waals surface area contributed by atoms with E-state index >= 15 is 0 Å². The number of rotatable bonds is 7. The molecule has 0 spiro atoms. The molecule has 0 saturated carbocycles. The number of methoxy groups -OCH3 is 2. The molecular weight excluding hydrogens is 366 g/mol. The molecule has 0 unspecified atom stereocenters. The Morgan fingerprint density at radius 1 is 1.00 bits per heavy atom. The van der Waals surface area contributed by atoms with Gasteiger partial charge in [0.15, 0.2) is 11.5 Å². The maximum absolute atomic E-state index is 12.7. The summed E-state index contributed by atoms with van der Waals surface area (Å²) >= 11 is 0. The molecule has 3 rings (SSSR count). The monoisotopic (exact) mass is 385 g/mol. The van der Waals surface area contributed by atoms with Crippen LogP contribution in [0.1, 0.15) is 5.56 Å². The van der Waals surface area contributed by atoms with Crippen LogP contribution in [-0.2, 0) is 16.6 Å². The van der Waals surface area contributed by atoms with E-state index in [1.54, 1.807) is 30.7 Å². The number of benzene rings is 1. The molecule has 0 bridgehead atoms. The van der Waals surface area contributed by atoms with Crippen LogP contribution in [0.3, 0.4) is 0 Å². The third-order valence-corrected chi connectivity index (χ3v) is 5.34. The lowest BCUT2D eigenvalue weighted by molar-refractivity contribution is 0.354. The highest BCUT2D eigenvalue weighted by molar-refractivity contribution is 7.89. The number of pyridine rings is 2. The Morgan fingerprint density at radius 3 is 2.48 bits per heavy atom. The van der Waals surface area contributed by atoms with E-state index in [-0.39, 0.29) is 11.4 Å². The van der Waals surface area contributed by atoms with E-state index < -0.39 is 10.0 Å². The number of aromatic nitrogens is 2. The van der Waals surface area contributed by atoms with E-state index in [0.717, 1.165) is 11.1 Å². The van der Waals surface area contributed by atoms with Crippen molar-refractivity contribution in [3.05, 3.63) is 66.6 Å². The Kier molecular flexibility index (Phi) is 5.68. The van der Waals surface area contributed by atoms with E-state index in [9.17, 15) is 8.42 Å². The van der Waals surface area contributed by atoms with Crippen LogP contribution in [0.5, 0.6) is 11.5 Å². The van der Waals surface area contributed by atoms with Crippen LogP contribution < -0.4 is 14.2 Å². The molecule has 1 N–H and O–H groups in total. The third kappa shape index (κ3) is 4.24. The first-order valence-corrected chi connectivity index (χ1v) is 9.59. The number of nitrogens with one attached hydrogen (secondary N) is 1. The van der Waals surface area contributed by atoms with Gasteiger partial charge in [-0.3, -0.25) is 9.97 Å². The fourth-order valence-corrected chi connectivity index (χ4v) is 3.61. The number of nitrogens with zero attached hydrogens (tertiary/aromatic N) is 2. The van der Waals surface area contributed by atoms with Crippen LogP contribution in [0.25, 0.3) is 11.3 Å². The zero-order chi connectivity index (χ0) is 19.3. The van der Waals surface area contributed by atoms with E-state index in [0.29, 0.717) is 17.2 Å². The van der Waals surface area contributed by atoms with Crippen LogP contribution in [0, 0.1) is 0 Å². The molecule has 2 heterocycles. The second-order valence-corrected chi connectivity index (χ2v) is 7.36. The van der Waals surface area contributed by atoms with Crippen molar-refractivity contribution in [2.75, 3.05) is 14.2 Å². The summed E-state index contributed by atoms with van der Waals surface area (Å²) in [5.74, 6) is 0.806. The van der Waals surface area contributed by atoms with E-state index in [1.165, 1.54) is 26.4 Å². The molecule has 7 nitrogen and oxygen atoms in total. The van der Waals surface area contributed by atoms with Crippen LogP contribution >= 0.6 is 0 Å². The van der Waals surface area contributed by atoms with Gasteiger partial charge in [-0.2, -0.15) is 0 Å². The summed E-state index contributed by atoms with van der Waals surface area (Å²) in [4.78, 5) is 8.54. The minimum Gasteiger partial charge on any atom is -0.493 e. The molecule has 0 aliphatic carbocycles. The first-order valence-electron chi connectivity index (χ1n) is 8.11. The van der Waals surface area contributed by atoms with Crippen LogP contribution in [-0.4, -0.2) is 32.6 Å². The molecule has 1 aromatic carbocycles. The quantitative estimate of drug-likeness (QED) is 0.672. The lowest BCUT2D eigenvalue weighted by atomic mass is 10.1. The molecule has 0 amide bonds. The summed E-state index contributed by atoms with van der Waals surface area (Å²) in [5.41, 5.74) is 2.24. The Hall–Kier alpha value is -2.97. The molecule has 0 aliphatic rings. The lowest BCUT2D eigenvalue weighted by Crippen LogP contribution is -2.23. The predicted octanol–water partition coefficient (Wildman–Crippen LogP) is 2.64. The van der Waals surface area contributed by atoms with Crippen molar-refractivity contribution in [3.8, 4) is 22.8 Å². The second-order valence-electron chi connectivity index (χ2n) is 5.59. The van der Waals surface area contributed by atoms with Gasteiger partial charge in [-0.15, -0.1) is 0 Å². The van der Waals surface area contributed by atoms with Gasteiger partial charge in [-0.1, -0.05) is 6.07 Å².